The average Bonchev–Trinajstić information content (AvgIpc) is 2.84. The van der Waals surface area contributed by atoms with Crippen LogP contribution in [0.25, 0.3) is 6.08 Å². The lowest BCUT2D eigenvalue weighted by Crippen LogP contribution is -2.21. The molecule has 1 aromatic carbocycles. The van der Waals surface area contributed by atoms with Crippen molar-refractivity contribution in [3.63, 3.8) is 0 Å². The Kier molecular flexibility index (Phi) is 4.19. The normalized spacial score (nSPS) is 13.6. The molecule has 0 unspecified atom stereocenters. The summed E-state index contributed by atoms with van der Waals surface area (Å²) in [6.07, 6.45) is 5.92. The summed E-state index contributed by atoms with van der Waals surface area (Å²) in [5.41, 5.74) is 3.24. The highest BCUT2D eigenvalue weighted by atomic mass is 35.5. The Balaban J connectivity index is 1.65. The predicted molar refractivity (Wildman–Crippen MR) is 84.8 cm³/mol. The fourth-order valence-corrected chi connectivity index (χ4v) is 2.86. The molecule has 0 saturated carbocycles. The molecule has 0 spiro atoms. The molecule has 4 nitrogen and oxygen atoms in total. The van der Waals surface area contributed by atoms with E-state index in [0.29, 0.717) is 22.4 Å². The molecule has 0 radical (unpaired) electrons. The predicted octanol–water partition coefficient (Wildman–Crippen LogP) is 3.29. The number of rotatable bonds is 4. The number of aromatic nitrogens is 2. The molecule has 0 bridgehead atoms. The minimum atomic E-state index is 0.536. The standard InChI is InChI=1S/C15H15Cl2N3O/c1-20-8-11(7-19-20)6-18-5-10-2-12-3-13(16)4-14(17)15(12)21-9-10/h2-4,7-8,18H,5-6,9H2,1H3. The van der Waals surface area contributed by atoms with Crippen LogP contribution in [0.3, 0.4) is 0 Å². The number of hydrogen-bond donors (Lipinski definition) is 1. The second kappa shape index (κ2) is 6.10. The lowest BCUT2D eigenvalue weighted by Gasteiger charge is -2.19. The Morgan fingerprint density at radius 2 is 2.19 bits per heavy atom. The second-order valence-electron chi connectivity index (χ2n) is 5.02. The van der Waals surface area contributed by atoms with Gasteiger partial charge in [0.1, 0.15) is 12.4 Å². The molecule has 0 saturated heterocycles. The molecule has 2 aromatic rings. The highest BCUT2D eigenvalue weighted by molar-refractivity contribution is 6.36. The fraction of sp³-hybridized carbons (Fsp3) is 0.267. The van der Waals surface area contributed by atoms with Gasteiger partial charge in [-0.3, -0.25) is 4.68 Å². The summed E-state index contributed by atoms with van der Waals surface area (Å²) in [4.78, 5) is 0. The van der Waals surface area contributed by atoms with Crippen molar-refractivity contribution < 1.29 is 4.74 Å². The highest BCUT2D eigenvalue weighted by Crippen LogP contribution is 2.36. The number of nitrogens with zero attached hydrogens (tertiary/aromatic N) is 2. The number of nitrogens with one attached hydrogen (secondary N) is 1. The Hall–Kier alpha value is -1.49. The van der Waals surface area contributed by atoms with Gasteiger partial charge in [0.2, 0.25) is 0 Å². The molecule has 1 N–H and O–H groups in total. The molecule has 21 heavy (non-hydrogen) atoms. The Labute approximate surface area is 133 Å². The molecule has 6 heteroatoms. The van der Waals surface area contributed by atoms with Crippen LogP contribution in [0.15, 0.2) is 30.1 Å². The topological polar surface area (TPSA) is 39.1 Å². The number of hydrogen-bond acceptors (Lipinski definition) is 3. The lowest BCUT2D eigenvalue weighted by molar-refractivity contribution is 0.343. The summed E-state index contributed by atoms with van der Waals surface area (Å²) in [5.74, 6) is 0.706. The van der Waals surface area contributed by atoms with Crippen molar-refractivity contribution in [2.24, 2.45) is 7.05 Å². The van der Waals surface area contributed by atoms with Gasteiger partial charge >= 0.3 is 0 Å². The summed E-state index contributed by atoms with van der Waals surface area (Å²) < 4.78 is 7.51. The monoisotopic (exact) mass is 323 g/mol. The molecule has 0 atom stereocenters. The maximum absolute atomic E-state index is 6.12. The molecular formula is C15H15Cl2N3O. The van der Waals surface area contributed by atoms with Crippen LogP contribution in [0, 0.1) is 0 Å². The molecule has 1 aliphatic heterocycles. The van der Waals surface area contributed by atoms with Crippen LogP contribution in [0.5, 0.6) is 5.75 Å². The summed E-state index contributed by atoms with van der Waals surface area (Å²) in [6.45, 7) is 2.06. The van der Waals surface area contributed by atoms with Crippen LogP contribution in [0.1, 0.15) is 11.1 Å². The van der Waals surface area contributed by atoms with Crippen LogP contribution in [-0.2, 0) is 13.6 Å². The summed E-state index contributed by atoms with van der Waals surface area (Å²) >= 11 is 12.1. The Morgan fingerprint density at radius 1 is 1.33 bits per heavy atom. The Bertz CT molecular complexity index is 694. The second-order valence-corrected chi connectivity index (χ2v) is 5.87. The van der Waals surface area contributed by atoms with Crippen LogP contribution >= 0.6 is 23.2 Å². The molecule has 0 aliphatic carbocycles. The van der Waals surface area contributed by atoms with E-state index in [4.69, 9.17) is 27.9 Å². The van der Waals surface area contributed by atoms with Gasteiger partial charge in [0.15, 0.2) is 0 Å². The summed E-state index contributed by atoms with van der Waals surface area (Å²) in [7, 11) is 1.91. The van der Waals surface area contributed by atoms with Gasteiger partial charge in [-0.05, 0) is 23.8 Å². The molecule has 110 valence electrons. The van der Waals surface area contributed by atoms with Gasteiger partial charge < -0.3 is 10.1 Å². The van der Waals surface area contributed by atoms with Crippen molar-refractivity contribution in [1.29, 1.82) is 0 Å². The molecule has 0 fully saturated rings. The van der Waals surface area contributed by atoms with E-state index >= 15 is 0 Å². The largest absolute Gasteiger partial charge is 0.487 e. The minimum Gasteiger partial charge on any atom is -0.487 e. The number of aryl methyl sites for hydroxylation is 1. The van der Waals surface area contributed by atoms with E-state index in [-0.39, 0.29) is 0 Å². The molecule has 1 aliphatic rings. The minimum absolute atomic E-state index is 0.536. The first-order chi connectivity index (χ1) is 10.1. The van der Waals surface area contributed by atoms with Gasteiger partial charge in [0.25, 0.3) is 0 Å². The first-order valence-corrected chi connectivity index (χ1v) is 7.37. The van der Waals surface area contributed by atoms with Gasteiger partial charge in [-0.1, -0.05) is 23.2 Å². The molecule has 2 heterocycles. The zero-order valence-electron chi connectivity index (χ0n) is 11.6. The van der Waals surface area contributed by atoms with Gasteiger partial charge in [0, 0.05) is 42.5 Å². The van der Waals surface area contributed by atoms with Crippen molar-refractivity contribution in [2.75, 3.05) is 13.2 Å². The van der Waals surface area contributed by atoms with E-state index < -0.39 is 0 Å². The zero-order chi connectivity index (χ0) is 14.8. The highest BCUT2D eigenvalue weighted by Gasteiger charge is 2.15. The zero-order valence-corrected chi connectivity index (χ0v) is 13.1. The van der Waals surface area contributed by atoms with E-state index in [0.717, 1.165) is 29.8 Å². The molecule has 3 rings (SSSR count). The van der Waals surface area contributed by atoms with E-state index in [1.54, 1.807) is 10.7 Å². The van der Waals surface area contributed by atoms with Crippen molar-refractivity contribution >= 4 is 29.3 Å². The van der Waals surface area contributed by atoms with E-state index in [2.05, 4.69) is 16.5 Å². The average molecular weight is 324 g/mol. The van der Waals surface area contributed by atoms with E-state index in [1.807, 2.05) is 25.5 Å². The van der Waals surface area contributed by atoms with Gasteiger partial charge in [-0.2, -0.15) is 5.10 Å². The van der Waals surface area contributed by atoms with Crippen molar-refractivity contribution in [1.82, 2.24) is 15.1 Å². The quantitative estimate of drug-likeness (QED) is 0.938. The van der Waals surface area contributed by atoms with Crippen LogP contribution in [0.2, 0.25) is 10.0 Å². The number of ether oxygens (including phenoxy) is 1. The fourth-order valence-electron chi connectivity index (χ4n) is 2.30. The first-order valence-electron chi connectivity index (χ1n) is 6.61. The molecular weight excluding hydrogens is 309 g/mol. The molecule has 0 amide bonds. The van der Waals surface area contributed by atoms with Gasteiger partial charge in [0.05, 0.1) is 11.2 Å². The van der Waals surface area contributed by atoms with Crippen molar-refractivity contribution in [3.8, 4) is 5.75 Å². The lowest BCUT2D eigenvalue weighted by atomic mass is 10.1. The number of benzene rings is 1. The van der Waals surface area contributed by atoms with Crippen LogP contribution in [-0.4, -0.2) is 22.9 Å². The third-order valence-electron chi connectivity index (χ3n) is 3.24. The summed E-state index contributed by atoms with van der Waals surface area (Å²) in [5, 5.41) is 8.68. The SMILES string of the molecule is Cn1cc(CNCC2=Cc3cc(Cl)cc(Cl)c3OC2)cn1. The van der Waals surface area contributed by atoms with Gasteiger partial charge in [-0.25, -0.2) is 0 Å². The third kappa shape index (κ3) is 3.40. The van der Waals surface area contributed by atoms with Gasteiger partial charge in [-0.15, -0.1) is 0 Å². The van der Waals surface area contributed by atoms with E-state index in [9.17, 15) is 0 Å². The van der Waals surface area contributed by atoms with E-state index in [1.165, 1.54) is 0 Å². The maximum Gasteiger partial charge on any atom is 0.145 e. The third-order valence-corrected chi connectivity index (χ3v) is 3.74. The summed E-state index contributed by atoms with van der Waals surface area (Å²) in [6, 6.07) is 3.56. The smallest absolute Gasteiger partial charge is 0.145 e. The maximum atomic E-state index is 6.12. The van der Waals surface area contributed by atoms with Crippen molar-refractivity contribution in [3.05, 3.63) is 51.3 Å². The van der Waals surface area contributed by atoms with Crippen molar-refractivity contribution in [2.45, 2.75) is 6.54 Å². The number of halogens is 2. The Morgan fingerprint density at radius 3 is 2.95 bits per heavy atom. The molecule has 1 aromatic heterocycles. The number of fused-ring (bicyclic) bond motifs is 1. The first kappa shape index (κ1) is 14.4. The van der Waals surface area contributed by atoms with Crippen LogP contribution in [0.4, 0.5) is 0 Å². The van der Waals surface area contributed by atoms with Crippen LogP contribution < -0.4 is 10.1 Å².